The van der Waals surface area contributed by atoms with Crippen LogP contribution in [0.1, 0.15) is 41.0 Å². The van der Waals surface area contributed by atoms with Gasteiger partial charge in [0, 0.05) is 37.3 Å². The number of ether oxygens (including phenoxy) is 3. The molecule has 1 fully saturated rings. The number of H-pyrrole nitrogens is 1. The van der Waals surface area contributed by atoms with Crippen LogP contribution in [0.5, 0.6) is 11.5 Å². The van der Waals surface area contributed by atoms with Crippen LogP contribution in [-0.4, -0.2) is 79.0 Å². The monoisotopic (exact) mass is 476 g/mol. The lowest BCUT2D eigenvalue weighted by Gasteiger charge is -2.31. The Morgan fingerprint density at radius 2 is 1.89 bits per heavy atom. The van der Waals surface area contributed by atoms with E-state index in [1.54, 1.807) is 7.11 Å². The second-order valence-corrected chi connectivity index (χ2v) is 8.84. The summed E-state index contributed by atoms with van der Waals surface area (Å²) in [6.07, 6.45) is 0.913. The van der Waals surface area contributed by atoms with Gasteiger partial charge in [-0.15, -0.1) is 0 Å². The molecule has 3 heterocycles. The molecular weight excluding hydrogens is 444 g/mol. The van der Waals surface area contributed by atoms with E-state index >= 15 is 0 Å². The van der Waals surface area contributed by atoms with Crippen molar-refractivity contribution in [3.05, 3.63) is 65.4 Å². The van der Waals surface area contributed by atoms with Gasteiger partial charge in [-0.05, 0) is 24.1 Å². The van der Waals surface area contributed by atoms with E-state index in [0.29, 0.717) is 30.3 Å². The van der Waals surface area contributed by atoms with E-state index in [1.165, 1.54) is 0 Å². The summed E-state index contributed by atoms with van der Waals surface area (Å²) in [5.41, 5.74) is 4.22. The molecule has 0 saturated carbocycles. The smallest absolute Gasteiger partial charge is 0.273 e. The highest BCUT2D eigenvalue weighted by molar-refractivity contribution is 6.00. The predicted octanol–water partition coefficient (Wildman–Crippen LogP) is 3.75. The maximum atomic E-state index is 13.6. The molecule has 2 aliphatic heterocycles. The minimum Gasteiger partial charge on any atom is -0.493 e. The molecule has 1 unspecified atom stereocenters. The highest BCUT2D eigenvalue weighted by Crippen LogP contribution is 2.44. The van der Waals surface area contributed by atoms with Crippen molar-refractivity contribution in [1.29, 1.82) is 0 Å². The summed E-state index contributed by atoms with van der Waals surface area (Å²) in [5, 5.41) is 7.60. The van der Waals surface area contributed by atoms with Crippen LogP contribution in [0.2, 0.25) is 0 Å². The van der Waals surface area contributed by atoms with Crippen molar-refractivity contribution in [1.82, 2.24) is 20.0 Å². The summed E-state index contributed by atoms with van der Waals surface area (Å²) in [4.78, 5) is 17.9. The number of nitrogens with zero attached hydrogens (tertiary/aromatic N) is 3. The minimum absolute atomic E-state index is 0.0294. The van der Waals surface area contributed by atoms with E-state index in [9.17, 15) is 4.79 Å². The first-order valence-corrected chi connectivity index (χ1v) is 12.3. The minimum atomic E-state index is -0.276. The van der Waals surface area contributed by atoms with Crippen molar-refractivity contribution < 1.29 is 19.0 Å². The highest BCUT2D eigenvalue weighted by Gasteiger charge is 2.42. The van der Waals surface area contributed by atoms with E-state index in [2.05, 4.69) is 22.0 Å². The van der Waals surface area contributed by atoms with Gasteiger partial charge in [-0.3, -0.25) is 14.8 Å². The Kier molecular flexibility index (Phi) is 7.01. The van der Waals surface area contributed by atoms with E-state index in [0.717, 1.165) is 61.7 Å². The van der Waals surface area contributed by atoms with E-state index < -0.39 is 0 Å². The van der Waals surface area contributed by atoms with Crippen LogP contribution < -0.4 is 9.47 Å². The number of hydrogen-bond acceptors (Lipinski definition) is 6. The van der Waals surface area contributed by atoms with Gasteiger partial charge in [-0.1, -0.05) is 43.3 Å². The van der Waals surface area contributed by atoms with Crippen LogP contribution in [0.3, 0.4) is 0 Å². The van der Waals surface area contributed by atoms with Gasteiger partial charge >= 0.3 is 0 Å². The number of morpholine rings is 1. The van der Waals surface area contributed by atoms with Crippen LogP contribution in [-0.2, 0) is 4.74 Å². The normalized spacial score (nSPS) is 18.1. The molecule has 2 aromatic carbocycles. The Bertz CT molecular complexity index is 1160. The lowest BCUT2D eigenvalue weighted by Crippen LogP contribution is -2.42. The molecule has 0 aliphatic carbocycles. The van der Waals surface area contributed by atoms with Crippen molar-refractivity contribution >= 4 is 5.91 Å². The first-order valence-electron chi connectivity index (χ1n) is 12.3. The van der Waals surface area contributed by atoms with Gasteiger partial charge in [0.05, 0.1) is 38.7 Å². The van der Waals surface area contributed by atoms with Gasteiger partial charge in [0.15, 0.2) is 11.5 Å². The first-order chi connectivity index (χ1) is 17.2. The van der Waals surface area contributed by atoms with Gasteiger partial charge in [-0.2, -0.15) is 5.10 Å². The highest BCUT2D eigenvalue weighted by atomic mass is 16.5. The lowest BCUT2D eigenvalue weighted by molar-refractivity contribution is 0.0316. The standard InChI is InChI=1S/C27H32N4O4/c1-3-15-35-21-10-9-20(18-22(21)33-2)26-23-24(19-7-5-4-6-8-19)28-29-25(23)27(32)31(26)12-11-30-13-16-34-17-14-30/h4-10,18,26H,3,11-17H2,1-2H3,(H,28,29). The average Bonchev–Trinajstić information content (AvgIpc) is 3.46. The Morgan fingerprint density at radius 3 is 2.63 bits per heavy atom. The number of hydrogen-bond donors (Lipinski definition) is 1. The first kappa shape index (κ1) is 23.4. The topological polar surface area (TPSA) is 79.9 Å². The summed E-state index contributed by atoms with van der Waals surface area (Å²) in [6.45, 7) is 7.31. The Hall–Kier alpha value is -3.36. The Labute approximate surface area is 205 Å². The molecule has 0 spiro atoms. The molecule has 0 bridgehead atoms. The number of nitrogens with one attached hydrogen (secondary N) is 1. The fraction of sp³-hybridized carbons (Fsp3) is 0.407. The number of amides is 1. The summed E-state index contributed by atoms with van der Waals surface area (Å²) >= 11 is 0. The molecule has 8 heteroatoms. The van der Waals surface area contributed by atoms with Crippen LogP contribution in [0.15, 0.2) is 48.5 Å². The Morgan fingerprint density at radius 1 is 1.09 bits per heavy atom. The van der Waals surface area contributed by atoms with Gasteiger partial charge in [0.25, 0.3) is 5.91 Å². The number of carbonyl (C=O) groups excluding carboxylic acids is 1. The molecule has 5 rings (SSSR count). The van der Waals surface area contributed by atoms with Gasteiger partial charge in [0.1, 0.15) is 5.69 Å². The van der Waals surface area contributed by atoms with Crippen molar-refractivity contribution in [2.75, 3.05) is 53.1 Å². The summed E-state index contributed by atoms with van der Waals surface area (Å²) in [6, 6.07) is 15.7. The van der Waals surface area contributed by atoms with Crippen LogP contribution in [0, 0.1) is 0 Å². The molecule has 184 valence electrons. The summed E-state index contributed by atoms with van der Waals surface area (Å²) in [7, 11) is 1.65. The molecule has 35 heavy (non-hydrogen) atoms. The number of benzene rings is 2. The van der Waals surface area contributed by atoms with Crippen molar-refractivity contribution in [2.24, 2.45) is 0 Å². The van der Waals surface area contributed by atoms with Crippen LogP contribution >= 0.6 is 0 Å². The van der Waals surface area contributed by atoms with Gasteiger partial charge in [0.2, 0.25) is 0 Å². The fourth-order valence-electron chi connectivity index (χ4n) is 4.85. The molecule has 2 aliphatic rings. The van der Waals surface area contributed by atoms with Crippen LogP contribution in [0.4, 0.5) is 0 Å². The number of fused-ring (bicyclic) bond motifs is 1. The average molecular weight is 477 g/mol. The SMILES string of the molecule is CCCOc1ccc(C2c3c(-c4ccccc4)n[nH]c3C(=O)N2CCN2CCOCC2)cc1OC. The quantitative estimate of drug-likeness (QED) is 0.507. The number of rotatable bonds is 9. The molecule has 3 aromatic rings. The zero-order valence-electron chi connectivity index (χ0n) is 20.3. The van der Waals surface area contributed by atoms with Gasteiger partial charge in [-0.25, -0.2) is 0 Å². The van der Waals surface area contributed by atoms with Crippen molar-refractivity contribution in [3.63, 3.8) is 0 Å². The predicted molar refractivity (Wildman–Crippen MR) is 133 cm³/mol. The molecule has 1 amide bonds. The van der Waals surface area contributed by atoms with Gasteiger partial charge < -0.3 is 19.1 Å². The number of aromatic amines is 1. The van der Waals surface area contributed by atoms with Crippen LogP contribution in [0.25, 0.3) is 11.3 Å². The van der Waals surface area contributed by atoms with E-state index in [-0.39, 0.29) is 11.9 Å². The zero-order valence-corrected chi connectivity index (χ0v) is 20.3. The summed E-state index contributed by atoms with van der Waals surface area (Å²) < 4.78 is 17.0. The molecule has 0 radical (unpaired) electrons. The third-order valence-electron chi connectivity index (χ3n) is 6.64. The second-order valence-electron chi connectivity index (χ2n) is 8.84. The summed E-state index contributed by atoms with van der Waals surface area (Å²) in [5.74, 6) is 1.34. The molecule has 8 nitrogen and oxygen atoms in total. The third kappa shape index (κ3) is 4.63. The molecule has 1 saturated heterocycles. The number of methoxy groups -OCH3 is 1. The number of aromatic nitrogens is 2. The molecule has 1 aromatic heterocycles. The maximum absolute atomic E-state index is 13.6. The van der Waals surface area contributed by atoms with Crippen molar-refractivity contribution in [3.8, 4) is 22.8 Å². The zero-order chi connectivity index (χ0) is 24.2. The second kappa shape index (κ2) is 10.5. The largest absolute Gasteiger partial charge is 0.493 e. The Balaban J connectivity index is 1.53. The molecular formula is C27H32N4O4. The number of carbonyl (C=O) groups is 1. The fourth-order valence-corrected chi connectivity index (χ4v) is 4.85. The third-order valence-corrected chi connectivity index (χ3v) is 6.64. The lowest BCUT2D eigenvalue weighted by atomic mass is 9.95. The van der Waals surface area contributed by atoms with E-state index in [4.69, 9.17) is 14.2 Å². The van der Waals surface area contributed by atoms with E-state index in [1.807, 2.05) is 53.4 Å². The molecule has 1 N–H and O–H groups in total. The molecule has 1 atom stereocenters. The maximum Gasteiger partial charge on any atom is 0.273 e. The van der Waals surface area contributed by atoms with Crippen molar-refractivity contribution in [2.45, 2.75) is 19.4 Å².